The van der Waals surface area contributed by atoms with Crippen LogP contribution in [0.2, 0.25) is 0 Å². The number of nitriles is 1. The minimum absolute atomic E-state index is 0.560. The normalized spacial score (nSPS) is 11.7. The van der Waals surface area contributed by atoms with Gasteiger partial charge < -0.3 is 13.6 Å². The molecule has 0 atom stereocenters. The summed E-state index contributed by atoms with van der Waals surface area (Å²) in [5, 5.41) is 17.6. The lowest BCUT2D eigenvalue weighted by Gasteiger charge is -2.16. The molecule has 10 aromatic carbocycles. The van der Waals surface area contributed by atoms with Crippen LogP contribution in [0, 0.1) is 11.3 Å². The monoisotopic (exact) mass is 827 g/mol. The van der Waals surface area contributed by atoms with Gasteiger partial charge >= 0.3 is 0 Å². The Morgan fingerprint density at radius 3 is 1.06 bits per heavy atom. The van der Waals surface area contributed by atoms with Gasteiger partial charge in [-0.1, -0.05) is 164 Å². The molecule has 13 rings (SSSR count). The first-order chi connectivity index (χ1) is 32.2. The van der Waals surface area contributed by atoms with E-state index >= 15 is 0 Å². The van der Waals surface area contributed by atoms with Crippen LogP contribution >= 0.6 is 0 Å². The fourth-order valence-corrected chi connectivity index (χ4v) is 10.1. The smallest absolute Gasteiger partial charge is 0.160 e. The first kappa shape index (κ1) is 36.7. The van der Waals surface area contributed by atoms with E-state index in [1.165, 1.54) is 0 Å². The van der Waals surface area contributed by atoms with E-state index in [0.29, 0.717) is 11.1 Å². The molecule has 3 aromatic heterocycles. The predicted molar refractivity (Wildman–Crippen MR) is 269 cm³/mol. The fraction of sp³-hybridized carbons (Fsp3) is 0. The zero-order valence-corrected chi connectivity index (χ0v) is 35.1. The van der Waals surface area contributed by atoms with E-state index in [1.54, 1.807) is 0 Å². The number of rotatable bonds is 6. The lowest BCUT2D eigenvalue weighted by atomic mass is 10.0. The third-order valence-corrected chi connectivity index (χ3v) is 13.2. The molecule has 65 heavy (non-hydrogen) atoms. The third-order valence-electron chi connectivity index (χ3n) is 13.2. The second-order valence-electron chi connectivity index (χ2n) is 16.8. The molecule has 13 aromatic rings. The van der Waals surface area contributed by atoms with Crippen LogP contribution in [0.3, 0.4) is 0 Å². The number of para-hydroxylation sites is 1. The van der Waals surface area contributed by atoms with Gasteiger partial charge in [-0.25, -0.2) is 0 Å². The Hall–Kier alpha value is -8.91. The van der Waals surface area contributed by atoms with Crippen LogP contribution in [0.5, 0.6) is 0 Å². The predicted octanol–water partition coefficient (Wildman–Crippen LogP) is 16.3. The number of hydrogen-bond acceptors (Lipinski definition) is 2. The Bertz CT molecular complexity index is 3850. The first-order valence-electron chi connectivity index (χ1n) is 22.0. The molecule has 302 valence electrons. The van der Waals surface area contributed by atoms with E-state index in [2.05, 4.69) is 221 Å². The summed E-state index contributed by atoms with van der Waals surface area (Å²) in [5.74, 6) is 0. The molecule has 4 heteroatoms. The van der Waals surface area contributed by atoms with Crippen LogP contribution in [-0.4, -0.2) is 9.13 Å². The molecule has 0 spiro atoms. The van der Waals surface area contributed by atoms with E-state index < -0.39 is 0 Å². The van der Waals surface area contributed by atoms with Gasteiger partial charge in [0.05, 0.1) is 44.4 Å². The molecule has 0 aliphatic heterocycles. The van der Waals surface area contributed by atoms with Crippen LogP contribution < -0.4 is 0 Å². The van der Waals surface area contributed by atoms with Gasteiger partial charge in [0.25, 0.3) is 0 Å². The zero-order valence-electron chi connectivity index (χ0n) is 35.1. The van der Waals surface area contributed by atoms with Crippen LogP contribution in [0.25, 0.3) is 121 Å². The maximum absolute atomic E-state index is 11.5. The summed E-state index contributed by atoms with van der Waals surface area (Å²) >= 11 is 0. The van der Waals surface area contributed by atoms with Gasteiger partial charge in [-0.15, -0.1) is 0 Å². The van der Waals surface area contributed by atoms with Crippen LogP contribution in [0.1, 0.15) is 5.56 Å². The molecular formula is C61H37N3O. The quantitative estimate of drug-likeness (QED) is 0.168. The highest BCUT2D eigenvalue weighted by atomic mass is 16.3. The summed E-state index contributed by atoms with van der Waals surface area (Å²) in [7, 11) is 0. The van der Waals surface area contributed by atoms with Crippen molar-refractivity contribution in [3.63, 3.8) is 0 Å². The van der Waals surface area contributed by atoms with E-state index in [1.807, 2.05) is 18.2 Å². The number of aromatic nitrogens is 2. The van der Waals surface area contributed by atoms with Crippen molar-refractivity contribution in [2.75, 3.05) is 0 Å². The SMILES string of the molecule is N#Cc1c(-n2c3ccc(-c4ccccc4)cc3c3cc(-c4ccccc4)ccc32)cc(-n2c3ccc(-c4ccccc4)cc3c3cc(-c4ccccc4)ccc32)c2oc3ccccc3c12. The molecule has 0 unspecified atom stereocenters. The molecule has 0 amide bonds. The Labute approximate surface area is 374 Å². The van der Waals surface area contributed by atoms with E-state index in [-0.39, 0.29) is 0 Å². The van der Waals surface area contributed by atoms with E-state index in [4.69, 9.17) is 4.42 Å². The molecule has 0 saturated carbocycles. The lowest BCUT2D eigenvalue weighted by molar-refractivity contribution is 0.666. The summed E-state index contributed by atoms with van der Waals surface area (Å²) in [6, 6.07) is 82.2. The highest BCUT2D eigenvalue weighted by Crippen LogP contribution is 2.45. The standard InChI is InChI=1S/C61H37N3O/c62-38-52-57(63-53-29-25-43(39-15-5-1-6-16-39)33-48(53)49-34-44(26-30-54(49)63)40-17-7-2-8-18-40)37-58(61-60(52)47-23-13-14-24-59(47)65-61)64-55-31-27-45(41-19-9-3-10-20-41)35-50(55)51-36-46(28-32-56(51)64)42-21-11-4-12-22-42/h1-37H. The molecule has 0 aliphatic carbocycles. The van der Waals surface area contributed by atoms with Crippen molar-refractivity contribution in [2.24, 2.45) is 0 Å². The summed E-state index contributed by atoms with van der Waals surface area (Å²) in [6.45, 7) is 0. The van der Waals surface area contributed by atoms with Gasteiger partial charge in [-0.2, -0.15) is 5.26 Å². The Morgan fingerprint density at radius 2 is 0.677 bits per heavy atom. The van der Waals surface area contributed by atoms with Gasteiger partial charge in [-0.05, 0) is 105 Å². The van der Waals surface area contributed by atoms with Crippen molar-refractivity contribution in [2.45, 2.75) is 0 Å². The van der Waals surface area contributed by atoms with Crippen LogP contribution in [-0.2, 0) is 0 Å². The van der Waals surface area contributed by atoms with Crippen molar-refractivity contribution >= 4 is 65.6 Å². The molecule has 3 heterocycles. The number of fused-ring (bicyclic) bond motifs is 9. The molecule has 0 N–H and O–H groups in total. The number of benzene rings is 10. The highest BCUT2D eigenvalue weighted by Gasteiger charge is 2.26. The Balaban J connectivity index is 1.15. The summed E-state index contributed by atoms with van der Waals surface area (Å²) in [6.07, 6.45) is 0. The van der Waals surface area contributed by atoms with Crippen molar-refractivity contribution in [1.29, 1.82) is 5.26 Å². The number of furan rings is 1. The van der Waals surface area contributed by atoms with Gasteiger partial charge in [0.2, 0.25) is 0 Å². The van der Waals surface area contributed by atoms with Crippen LogP contribution in [0.4, 0.5) is 0 Å². The van der Waals surface area contributed by atoms with Gasteiger partial charge in [0.15, 0.2) is 5.58 Å². The van der Waals surface area contributed by atoms with Gasteiger partial charge in [0.1, 0.15) is 11.7 Å². The second kappa shape index (κ2) is 14.6. The highest BCUT2D eigenvalue weighted by molar-refractivity contribution is 6.17. The molecule has 4 nitrogen and oxygen atoms in total. The molecule has 0 aliphatic rings. The minimum Gasteiger partial charge on any atom is -0.454 e. The summed E-state index contributed by atoms with van der Waals surface area (Å²) < 4.78 is 11.6. The molecule has 0 fully saturated rings. The van der Waals surface area contributed by atoms with Crippen LogP contribution in [0.15, 0.2) is 229 Å². The first-order valence-corrected chi connectivity index (χ1v) is 22.0. The largest absolute Gasteiger partial charge is 0.454 e. The van der Waals surface area contributed by atoms with Crippen molar-refractivity contribution in [1.82, 2.24) is 9.13 Å². The third kappa shape index (κ3) is 5.77. The molecule has 0 bridgehead atoms. The van der Waals surface area contributed by atoms with E-state index in [9.17, 15) is 5.26 Å². The van der Waals surface area contributed by atoms with Crippen molar-refractivity contribution in [3.05, 3.63) is 230 Å². The van der Waals surface area contributed by atoms with Gasteiger partial charge in [0, 0.05) is 26.9 Å². The number of nitrogens with zero attached hydrogens (tertiary/aromatic N) is 3. The summed E-state index contributed by atoms with van der Waals surface area (Å²) in [4.78, 5) is 0. The van der Waals surface area contributed by atoms with E-state index in [0.717, 1.165) is 116 Å². The Kier molecular flexibility index (Phi) is 8.24. The maximum Gasteiger partial charge on any atom is 0.160 e. The van der Waals surface area contributed by atoms with Crippen molar-refractivity contribution < 1.29 is 4.42 Å². The molecule has 0 saturated heterocycles. The second-order valence-corrected chi connectivity index (χ2v) is 16.8. The van der Waals surface area contributed by atoms with Gasteiger partial charge in [-0.3, -0.25) is 0 Å². The number of hydrogen-bond donors (Lipinski definition) is 0. The maximum atomic E-state index is 11.5. The minimum atomic E-state index is 0.560. The molecular weight excluding hydrogens is 791 g/mol. The average Bonchev–Trinajstić information content (AvgIpc) is 4.04. The fourth-order valence-electron chi connectivity index (χ4n) is 10.1. The topological polar surface area (TPSA) is 46.8 Å². The average molecular weight is 828 g/mol. The molecule has 0 radical (unpaired) electrons. The zero-order chi connectivity index (χ0) is 43.0. The van der Waals surface area contributed by atoms with Crippen molar-refractivity contribution in [3.8, 4) is 62.0 Å². The Morgan fingerprint density at radius 1 is 0.323 bits per heavy atom. The summed E-state index contributed by atoms with van der Waals surface area (Å²) in [5.41, 5.74) is 16.9. The lowest BCUT2D eigenvalue weighted by Crippen LogP contribution is -2.03.